The van der Waals surface area contributed by atoms with Crippen LogP contribution in [0.5, 0.6) is 0 Å². The summed E-state index contributed by atoms with van der Waals surface area (Å²) in [6.45, 7) is 8.00. The summed E-state index contributed by atoms with van der Waals surface area (Å²) in [4.78, 5) is 26.4. The van der Waals surface area contributed by atoms with Crippen LogP contribution in [0.25, 0.3) is 16.6 Å². The lowest BCUT2D eigenvalue weighted by atomic mass is 9.86. The summed E-state index contributed by atoms with van der Waals surface area (Å²) in [5.74, 6) is 1.89. The first-order valence-electron chi connectivity index (χ1n) is 10.8. The topological polar surface area (TPSA) is 81.5 Å². The molecule has 156 valence electrons. The smallest absolute Gasteiger partial charge is 0.291 e. The highest BCUT2D eigenvalue weighted by molar-refractivity contribution is 5.84. The lowest BCUT2D eigenvalue weighted by Crippen LogP contribution is -2.46. The quantitative estimate of drug-likeness (QED) is 0.709. The lowest BCUT2D eigenvalue weighted by Gasteiger charge is -2.31. The second-order valence-corrected chi connectivity index (χ2v) is 8.29. The van der Waals surface area contributed by atoms with Crippen LogP contribution in [-0.4, -0.2) is 26.1 Å². The van der Waals surface area contributed by atoms with Crippen molar-refractivity contribution < 1.29 is 9.21 Å². The first-order chi connectivity index (χ1) is 13.9. The van der Waals surface area contributed by atoms with E-state index in [-0.39, 0.29) is 17.5 Å². The van der Waals surface area contributed by atoms with Gasteiger partial charge in [0.2, 0.25) is 5.91 Å². The molecule has 0 saturated heterocycles. The fourth-order valence-corrected chi connectivity index (χ4v) is 4.60. The van der Waals surface area contributed by atoms with Crippen LogP contribution in [0, 0.1) is 12.8 Å². The molecule has 29 heavy (non-hydrogen) atoms. The van der Waals surface area contributed by atoms with E-state index in [9.17, 15) is 9.59 Å². The molecule has 4 rings (SSSR count). The first-order valence-corrected chi connectivity index (χ1v) is 10.8. The Morgan fingerprint density at radius 3 is 2.72 bits per heavy atom. The molecule has 1 aliphatic rings. The van der Waals surface area contributed by atoms with Gasteiger partial charge in [0.1, 0.15) is 23.1 Å². The molecule has 1 aliphatic carbocycles. The minimum absolute atomic E-state index is 0.113. The van der Waals surface area contributed by atoms with Gasteiger partial charge in [0, 0.05) is 24.6 Å². The maximum atomic E-state index is 13.3. The summed E-state index contributed by atoms with van der Waals surface area (Å²) in [7, 11) is 0. The summed E-state index contributed by atoms with van der Waals surface area (Å²) in [6.07, 6.45) is 5.64. The van der Waals surface area contributed by atoms with Crippen molar-refractivity contribution >= 4 is 22.5 Å². The fraction of sp³-hybridized carbons (Fsp3) is 0.591. The van der Waals surface area contributed by atoms with Crippen molar-refractivity contribution in [2.75, 3.05) is 0 Å². The maximum Gasteiger partial charge on any atom is 0.291 e. The van der Waals surface area contributed by atoms with Crippen LogP contribution in [0.3, 0.4) is 0 Å². The molecule has 0 bridgehead atoms. The van der Waals surface area contributed by atoms with Crippen molar-refractivity contribution in [3.8, 4) is 0 Å². The molecule has 1 amide bonds. The average molecular weight is 399 g/mol. The molecule has 3 unspecified atom stereocenters. The van der Waals surface area contributed by atoms with Crippen molar-refractivity contribution in [3.63, 3.8) is 0 Å². The van der Waals surface area contributed by atoms with E-state index in [0.29, 0.717) is 29.9 Å². The van der Waals surface area contributed by atoms with Crippen molar-refractivity contribution in [1.29, 1.82) is 0 Å². The number of nitrogens with one attached hydrogen (secondary N) is 1. The minimum atomic E-state index is -0.616. The molecule has 3 atom stereocenters. The van der Waals surface area contributed by atoms with E-state index in [1.54, 1.807) is 6.07 Å². The Bertz CT molecular complexity index is 1110. The van der Waals surface area contributed by atoms with Crippen molar-refractivity contribution in [2.24, 2.45) is 5.92 Å². The highest BCUT2D eigenvalue weighted by Crippen LogP contribution is 2.26. The fourth-order valence-electron chi connectivity index (χ4n) is 4.60. The Morgan fingerprint density at radius 1 is 1.28 bits per heavy atom. The normalized spacial score (nSPS) is 21.0. The Hall–Kier alpha value is -2.57. The van der Waals surface area contributed by atoms with E-state index >= 15 is 0 Å². The Labute approximate surface area is 170 Å². The number of hydrogen-bond donors (Lipinski definition) is 1. The van der Waals surface area contributed by atoms with E-state index in [2.05, 4.69) is 17.3 Å². The molecular weight excluding hydrogens is 368 g/mol. The van der Waals surface area contributed by atoms with Crippen LogP contribution in [-0.2, 0) is 11.2 Å². The zero-order valence-electron chi connectivity index (χ0n) is 17.7. The number of furan rings is 1. The second kappa shape index (κ2) is 7.69. The zero-order valence-corrected chi connectivity index (χ0v) is 17.7. The lowest BCUT2D eigenvalue weighted by molar-refractivity contribution is -0.126. The van der Waals surface area contributed by atoms with Crippen LogP contribution in [0.1, 0.15) is 70.5 Å². The van der Waals surface area contributed by atoms with Gasteiger partial charge < -0.3 is 9.73 Å². The summed E-state index contributed by atoms with van der Waals surface area (Å²) in [5.41, 5.74) is 1.76. The van der Waals surface area contributed by atoms with Gasteiger partial charge in [0.25, 0.3) is 5.56 Å². The zero-order chi connectivity index (χ0) is 20.7. The van der Waals surface area contributed by atoms with Gasteiger partial charge in [-0.1, -0.05) is 33.6 Å². The van der Waals surface area contributed by atoms with E-state index in [1.807, 2.05) is 31.2 Å². The summed E-state index contributed by atoms with van der Waals surface area (Å²) in [6, 6.07) is 3.24. The van der Waals surface area contributed by atoms with Crippen LogP contribution in [0.15, 0.2) is 21.3 Å². The first kappa shape index (κ1) is 19.7. The molecule has 0 spiro atoms. The van der Waals surface area contributed by atoms with Gasteiger partial charge in [0.15, 0.2) is 5.58 Å². The number of hydrogen-bond acceptors (Lipinski definition) is 4. The van der Waals surface area contributed by atoms with Gasteiger partial charge in [-0.2, -0.15) is 5.10 Å². The highest BCUT2D eigenvalue weighted by atomic mass is 16.3. The number of aromatic nitrogens is 3. The molecule has 0 aromatic carbocycles. The third kappa shape index (κ3) is 3.36. The number of carbonyl (C=O) groups is 1. The molecule has 3 heterocycles. The Morgan fingerprint density at radius 2 is 2.03 bits per heavy atom. The minimum Gasteiger partial charge on any atom is -0.460 e. The molecule has 1 fully saturated rings. The van der Waals surface area contributed by atoms with Crippen LogP contribution in [0.4, 0.5) is 0 Å². The molecule has 0 radical (unpaired) electrons. The molecule has 7 nitrogen and oxygen atoms in total. The van der Waals surface area contributed by atoms with Crippen molar-refractivity contribution in [2.45, 2.75) is 78.3 Å². The van der Waals surface area contributed by atoms with Crippen LogP contribution in [0.2, 0.25) is 0 Å². The number of nitrogens with zero attached hydrogens (tertiary/aromatic N) is 3. The predicted octanol–water partition coefficient (Wildman–Crippen LogP) is 3.76. The highest BCUT2D eigenvalue weighted by Gasteiger charge is 2.29. The number of fused-ring (bicyclic) bond motifs is 3. The van der Waals surface area contributed by atoms with Gasteiger partial charge in [0.05, 0.1) is 5.52 Å². The number of aryl methyl sites for hydroxylation is 2. The largest absolute Gasteiger partial charge is 0.460 e. The third-order valence-electron chi connectivity index (χ3n) is 6.26. The molecule has 3 aromatic heterocycles. The molecular formula is C22H30N4O3. The Balaban J connectivity index is 1.75. The predicted molar refractivity (Wildman–Crippen MR) is 112 cm³/mol. The molecule has 7 heteroatoms. The summed E-state index contributed by atoms with van der Waals surface area (Å²) in [5, 5.41) is 7.82. The summed E-state index contributed by atoms with van der Waals surface area (Å²) < 4.78 is 8.96. The SMILES string of the molecule is CCc1nn(C(CC)C(=O)NC2CCCCC2C)c(=O)c2cc3oc(C)cc3n12. The summed E-state index contributed by atoms with van der Waals surface area (Å²) >= 11 is 0. The number of carbonyl (C=O) groups excluding carboxylic acids is 1. The number of rotatable bonds is 5. The second-order valence-electron chi connectivity index (χ2n) is 8.29. The van der Waals surface area contributed by atoms with Crippen LogP contribution >= 0.6 is 0 Å². The van der Waals surface area contributed by atoms with Crippen LogP contribution < -0.4 is 10.9 Å². The van der Waals surface area contributed by atoms with Crippen molar-refractivity contribution in [1.82, 2.24) is 19.5 Å². The van der Waals surface area contributed by atoms with E-state index in [1.165, 1.54) is 11.1 Å². The van der Waals surface area contributed by atoms with Gasteiger partial charge >= 0.3 is 0 Å². The monoisotopic (exact) mass is 398 g/mol. The average Bonchev–Trinajstić information content (AvgIpc) is 3.22. The standard InChI is InChI=1S/C22H30N4O3/c1-5-16(21(27)23-15-10-8-7-9-13(15)3)26-22(28)18-12-19-17(11-14(4)29-19)25(18)20(6-2)24-26/h11-13,15-16H,5-10H2,1-4H3,(H,23,27). The molecule has 0 aliphatic heterocycles. The van der Waals surface area contributed by atoms with Gasteiger partial charge in [-0.15, -0.1) is 0 Å². The Kier molecular flexibility index (Phi) is 5.23. The van der Waals surface area contributed by atoms with Gasteiger partial charge in [-0.05, 0) is 32.1 Å². The van der Waals surface area contributed by atoms with Gasteiger partial charge in [-0.3, -0.25) is 14.0 Å². The molecule has 1 saturated carbocycles. The maximum absolute atomic E-state index is 13.3. The third-order valence-corrected chi connectivity index (χ3v) is 6.26. The van der Waals surface area contributed by atoms with Crippen molar-refractivity contribution in [3.05, 3.63) is 34.1 Å². The van der Waals surface area contributed by atoms with E-state index in [0.717, 1.165) is 36.4 Å². The van der Waals surface area contributed by atoms with E-state index < -0.39 is 6.04 Å². The molecule has 3 aromatic rings. The van der Waals surface area contributed by atoms with Gasteiger partial charge in [-0.25, -0.2) is 4.68 Å². The number of amides is 1. The van der Waals surface area contributed by atoms with E-state index in [4.69, 9.17) is 4.42 Å². The molecule has 1 N–H and O–H groups in total.